The first-order chi connectivity index (χ1) is 13.9. The second-order valence-electron chi connectivity index (χ2n) is 6.32. The summed E-state index contributed by atoms with van der Waals surface area (Å²) in [6, 6.07) is 16.9. The van der Waals surface area contributed by atoms with Gasteiger partial charge in [-0.15, -0.1) is 11.8 Å². The number of ether oxygens (including phenoxy) is 1. The first-order valence-corrected chi connectivity index (χ1v) is 10.2. The summed E-state index contributed by atoms with van der Waals surface area (Å²) in [7, 11) is 1.65. The Morgan fingerprint density at radius 2 is 1.72 bits per heavy atom. The minimum absolute atomic E-state index is 0.0215. The minimum Gasteiger partial charge on any atom is -0.451 e. The molecule has 0 spiro atoms. The fourth-order valence-corrected chi connectivity index (χ4v) is 2.87. The van der Waals surface area contributed by atoms with Gasteiger partial charge < -0.3 is 15.0 Å². The van der Waals surface area contributed by atoms with Crippen LogP contribution in [0.3, 0.4) is 0 Å². The summed E-state index contributed by atoms with van der Waals surface area (Å²) < 4.78 is 5.12. The van der Waals surface area contributed by atoms with Crippen molar-refractivity contribution >= 4 is 35.6 Å². The normalized spacial score (nSPS) is 10.9. The van der Waals surface area contributed by atoms with Crippen LogP contribution >= 0.6 is 11.8 Å². The van der Waals surface area contributed by atoms with Gasteiger partial charge in [-0.25, -0.2) is 4.79 Å². The molecule has 0 aliphatic carbocycles. The second kappa shape index (κ2) is 11.1. The molecule has 0 fully saturated rings. The van der Waals surface area contributed by atoms with Gasteiger partial charge in [-0.2, -0.15) is 0 Å². The first-order valence-electron chi connectivity index (χ1n) is 8.97. The summed E-state index contributed by atoms with van der Waals surface area (Å²) in [5.41, 5.74) is 1.69. The smallest absolute Gasteiger partial charge is 0.355 e. The monoisotopic (exact) mass is 412 g/mol. The van der Waals surface area contributed by atoms with Crippen molar-refractivity contribution in [3.05, 3.63) is 71.4 Å². The predicted octanol–water partition coefficient (Wildman–Crippen LogP) is 3.09. The van der Waals surface area contributed by atoms with Crippen molar-refractivity contribution in [3.63, 3.8) is 0 Å². The number of amides is 2. The third kappa shape index (κ3) is 7.46. The molecule has 0 unspecified atom stereocenters. The third-order valence-corrected chi connectivity index (χ3v) is 4.72. The van der Waals surface area contributed by atoms with Crippen molar-refractivity contribution in [1.82, 2.24) is 10.2 Å². The Kier molecular flexibility index (Phi) is 8.48. The van der Waals surface area contributed by atoms with Crippen LogP contribution in [0.5, 0.6) is 0 Å². The van der Waals surface area contributed by atoms with E-state index in [2.05, 4.69) is 5.32 Å². The van der Waals surface area contributed by atoms with Crippen molar-refractivity contribution in [2.75, 3.05) is 19.9 Å². The fraction of sp³-hybridized carbons (Fsp3) is 0.227. The highest BCUT2D eigenvalue weighted by Gasteiger charge is 2.17. The largest absolute Gasteiger partial charge is 0.451 e. The summed E-state index contributed by atoms with van der Waals surface area (Å²) in [4.78, 5) is 38.7. The number of benzene rings is 2. The molecule has 152 valence electrons. The lowest BCUT2D eigenvalue weighted by atomic mass is 10.2. The molecule has 2 rings (SSSR count). The van der Waals surface area contributed by atoms with Gasteiger partial charge in [0, 0.05) is 25.4 Å². The van der Waals surface area contributed by atoms with E-state index in [0.717, 1.165) is 16.0 Å². The van der Waals surface area contributed by atoms with E-state index in [0.29, 0.717) is 6.54 Å². The summed E-state index contributed by atoms with van der Waals surface area (Å²) in [6.07, 6.45) is 3.51. The molecule has 29 heavy (non-hydrogen) atoms. The second-order valence-corrected chi connectivity index (χ2v) is 7.20. The molecule has 0 aliphatic rings. The molecule has 2 aromatic carbocycles. The molecule has 0 atom stereocenters. The zero-order chi connectivity index (χ0) is 21.2. The number of likely N-dealkylation sites (N-methyl/N-ethyl adjacent to an activating group) is 1. The van der Waals surface area contributed by atoms with Crippen molar-refractivity contribution in [2.24, 2.45) is 0 Å². The molecule has 0 saturated heterocycles. The van der Waals surface area contributed by atoms with Gasteiger partial charge >= 0.3 is 5.97 Å². The van der Waals surface area contributed by atoms with Gasteiger partial charge in [0.1, 0.15) is 5.70 Å². The number of hydrogen-bond donors (Lipinski definition) is 1. The van der Waals surface area contributed by atoms with E-state index in [-0.39, 0.29) is 11.6 Å². The predicted molar refractivity (Wildman–Crippen MR) is 114 cm³/mol. The Morgan fingerprint density at radius 3 is 2.31 bits per heavy atom. The quantitative estimate of drug-likeness (QED) is 0.410. The fourth-order valence-electron chi connectivity index (χ4n) is 2.46. The Labute approximate surface area is 174 Å². The lowest BCUT2D eigenvalue weighted by Crippen LogP contribution is -2.33. The Morgan fingerprint density at radius 1 is 1.07 bits per heavy atom. The van der Waals surface area contributed by atoms with Gasteiger partial charge in [-0.1, -0.05) is 42.5 Å². The summed E-state index contributed by atoms with van der Waals surface area (Å²) >= 11 is 1.65. The number of thioether (sulfide) groups is 1. The SMILES string of the molecule is CSc1ccc(CN(C)C(=O)COC(=O)/C(=C/c2ccccc2)NC(C)=O)cc1. The van der Waals surface area contributed by atoms with Crippen LogP contribution in [0.1, 0.15) is 18.1 Å². The van der Waals surface area contributed by atoms with E-state index in [9.17, 15) is 14.4 Å². The van der Waals surface area contributed by atoms with Gasteiger partial charge in [0.05, 0.1) is 0 Å². The molecule has 0 aliphatic heterocycles. The molecule has 6 nitrogen and oxygen atoms in total. The number of nitrogens with zero attached hydrogens (tertiary/aromatic N) is 1. The number of carbonyl (C=O) groups is 3. The molecule has 1 N–H and O–H groups in total. The van der Waals surface area contributed by atoms with E-state index in [1.165, 1.54) is 17.9 Å². The highest BCUT2D eigenvalue weighted by Crippen LogP contribution is 2.15. The molecule has 0 aromatic heterocycles. The summed E-state index contributed by atoms with van der Waals surface area (Å²) in [6.45, 7) is 1.29. The van der Waals surface area contributed by atoms with Crippen LogP contribution in [0.2, 0.25) is 0 Å². The Hall–Kier alpha value is -3.06. The number of nitrogens with one attached hydrogen (secondary N) is 1. The van der Waals surface area contributed by atoms with Crippen molar-refractivity contribution in [2.45, 2.75) is 18.4 Å². The van der Waals surface area contributed by atoms with Crippen molar-refractivity contribution < 1.29 is 19.1 Å². The number of esters is 1. The topological polar surface area (TPSA) is 75.7 Å². The average molecular weight is 413 g/mol. The van der Waals surface area contributed by atoms with Gasteiger partial charge in [-0.3, -0.25) is 9.59 Å². The van der Waals surface area contributed by atoms with Crippen molar-refractivity contribution in [1.29, 1.82) is 0 Å². The van der Waals surface area contributed by atoms with E-state index < -0.39 is 18.5 Å². The molecule has 7 heteroatoms. The van der Waals surface area contributed by atoms with Crippen LogP contribution < -0.4 is 5.32 Å². The molecular weight excluding hydrogens is 388 g/mol. The van der Waals surface area contributed by atoms with Crippen LogP contribution in [0, 0.1) is 0 Å². The zero-order valence-corrected chi connectivity index (χ0v) is 17.5. The number of hydrogen-bond acceptors (Lipinski definition) is 5. The van der Waals surface area contributed by atoms with Gasteiger partial charge in [0.2, 0.25) is 5.91 Å². The maximum Gasteiger partial charge on any atom is 0.355 e. The summed E-state index contributed by atoms with van der Waals surface area (Å²) in [5.74, 6) is -1.51. The molecule has 0 radical (unpaired) electrons. The highest BCUT2D eigenvalue weighted by molar-refractivity contribution is 7.98. The first kappa shape index (κ1) is 22.2. The van der Waals surface area contributed by atoms with Crippen LogP contribution in [-0.4, -0.2) is 42.6 Å². The summed E-state index contributed by atoms with van der Waals surface area (Å²) in [5, 5.41) is 2.45. The van der Waals surface area contributed by atoms with Gasteiger partial charge in [-0.05, 0) is 35.6 Å². The van der Waals surface area contributed by atoms with Gasteiger partial charge in [0.25, 0.3) is 5.91 Å². The van der Waals surface area contributed by atoms with Crippen LogP contribution in [0.4, 0.5) is 0 Å². The van der Waals surface area contributed by atoms with Gasteiger partial charge in [0.15, 0.2) is 6.61 Å². The van der Waals surface area contributed by atoms with E-state index >= 15 is 0 Å². The van der Waals surface area contributed by atoms with Crippen LogP contribution in [-0.2, 0) is 25.7 Å². The zero-order valence-electron chi connectivity index (χ0n) is 16.7. The van der Waals surface area contributed by atoms with Crippen LogP contribution in [0.15, 0.2) is 65.2 Å². The van der Waals surface area contributed by atoms with Crippen molar-refractivity contribution in [3.8, 4) is 0 Å². The highest BCUT2D eigenvalue weighted by atomic mass is 32.2. The molecule has 0 saturated carbocycles. The third-order valence-electron chi connectivity index (χ3n) is 3.97. The van der Waals surface area contributed by atoms with Crippen LogP contribution in [0.25, 0.3) is 6.08 Å². The molecular formula is C22H24N2O4S. The average Bonchev–Trinajstić information content (AvgIpc) is 2.72. The van der Waals surface area contributed by atoms with E-state index in [4.69, 9.17) is 4.74 Å². The standard InChI is InChI=1S/C22H24N2O4S/c1-16(25)23-20(13-17-7-5-4-6-8-17)22(27)28-15-21(26)24(2)14-18-9-11-19(29-3)12-10-18/h4-13H,14-15H2,1-3H3,(H,23,25)/b20-13-. The molecule has 0 heterocycles. The lowest BCUT2D eigenvalue weighted by molar-refractivity contribution is -0.149. The minimum atomic E-state index is -0.768. The molecule has 2 amide bonds. The Bertz CT molecular complexity index is 879. The maximum absolute atomic E-state index is 12.4. The van der Waals surface area contributed by atoms with E-state index in [1.54, 1.807) is 30.9 Å². The van der Waals surface area contributed by atoms with E-state index in [1.807, 2.05) is 48.7 Å². The number of rotatable bonds is 8. The Balaban J connectivity index is 1.95. The number of carbonyl (C=O) groups excluding carboxylic acids is 3. The molecule has 0 bridgehead atoms. The maximum atomic E-state index is 12.4. The molecule has 2 aromatic rings. The lowest BCUT2D eigenvalue weighted by Gasteiger charge is -2.17.